The molecule has 0 unspecified atom stereocenters. The van der Waals surface area contributed by atoms with E-state index in [0.717, 1.165) is 28.3 Å². The Balaban J connectivity index is 1.70. The third-order valence-corrected chi connectivity index (χ3v) is 3.49. The average molecular weight is 303 g/mol. The van der Waals surface area contributed by atoms with Gasteiger partial charge in [-0.1, -0.05) is 41.9 Å². The van der Waals surface area contributed by atoms with E-state index in [1.807, 2.05) is 55.5 Å². The largest absolute Gasteiger partial charge is 0.376 e. The Labute approximate surface area is 130 Å². The number of hydrogen-bond acceptors (Lipinski definition) is 2. The maximum Gasteiger partial charge on any atom is 0.239 e. The molecule has 0 radical (unpaired) electrons. The van der Waals surface area contributed by atoms with Gasteiger partial charge >= 0.3 is 0 Å². The van der Waals surface area contributed by atoms with Crippen molar-refractivity contribution >= 4 is 23.2 Å². The number of amides is 1. The van der Waals surface area contributed by atoms with Gasteiger partial charge in [-0.3, -0.25) is 4.79 Å². The molecule has 2 aromatic carbocycles. The lowest BCUT2D eigenvalue weighted by atomic mass is 10.1. The van der Waals surface area contributed by atoms with Gasteiger partial charge in [0.05, 0.1) is 6.54 Å². The highest BCUT2D eigenvalue weighted by Gasteiger charge is 2.02. The molecule has 0 heterocycles. The molecule has 0 bridgehead atoms. The molecule has 21 heavy (non-hydrogen) atoms. The number of carbonyl (C=O) groups excluding carboxylic acids is 1. The van der Waals surface area contributed by atoms with Gasteiger partial charge in [0.25, 0.3) is 0 Å². The molecule has 110 valence electrons. The van der Waals surface area contributed by atoms with Gasteiger partial charge in [-0.15, -0.1) is 0 Å². The SMILES string of the molecule is Cc1ccccc1NCC(=O)NCCc1ccc(Cl)cc1. The van der Waals surface area contributed by atoms with E-state index < -0.39 is 0 Å². The minimum absolute atomic E-state index is 0.00721. The Bertz CT molecular complexity index is 596. The van der Waals surface area contributed by atoms with Crippen LogP contribution in [0.25, 0.3) is 0 Å². The number of benzene rings is 2. The smallest absolute Gasteiger partial charge is 0.239 e. The second-order valence-electron chi connectivity index (χ2n) is 4.89. The van der Waals surface area contributed by atoms with Crippen molar-refractivity contribution in [1.82, 2.24) is 5.32 Å². The standard InChI is InChI=1S/C17H19ClN2O/c1-13-4-2-3-5-16(13)20-12-17(21)19-11-10-14-6-8-15(18)9-7-14/h2-9,20H,10-12H2,1H3,(H,19,21). The van der Waals surface area contributed by atoms with Gasteiger partial charge in [0, 0.05) is 17.3 Å². The number of anilines is 1. The highest BCUT2D eigenvalue weighted by Crippen LogP contribution is 2.12. The van der Waals surface area contributed by atoms with Crippen molar-refractivity contribution in [3.05, 3.63) is 64.7 Å². The van der Waals surface area contributed by atoms with Crippen LogP contribution in [0.4, 0.5) is 5.69 Å². The van der Waals surface area contributed by atoms with Crippen LogP contribution in [0.15, 0.2) is 48.5 Å². The Morgan fingerprint density at radius 1 is 1.10 bits per heavy atom. The Morgan fingerprint density at radius 3 is 2.52 bits per heavy atom. The first-order valence-electron chi connectivity index (χ1n) is 6.96. The maximum atomic E-state index is 11.8. The predicted octanol–water partition coefficient (Wildman–Crippen LogP) is 3.42. The fourth-order valence-corrected chi connectivity index (χ4v) is 2.13. The van der Waals surface area contributed by atoms with Crippen molar-refractivity contribution < 1.29 is 4.79 Å². The molecule has 0 spiro atoms. The molecule has 0 aliphatic rings. The molecule has 0 aliphatic carbocycles. The fourth-order valence-electron chi connectivity index (χ4n) is 2.01. The van der Waals surface area contributed by atoms with E-state index in [1.54, 1.807) is 0 Å². The van der Waals surface area contributed by atoms with Gasteiger partial charge in [0.2, 0.25) is 5.91 Å². The molecule has 0 aromatic heterocycles. The van der Waals surface area contributed by atoms with E-state index in [1.165, 1.54) is 0 Å². The first-order valence-corrected chi connectivity index (χ1v) is 7.33. The van der Waals surface area contributed by atoms with Crippen LogP contribution in [0.3, 0.4) is 0 Å². The molecule has 2 N–H and O–H groups in total. The lowest BCUT2D eigenvalue weighted by Crippen LogP contribution is -2.31. The average Bonchev–Trinajstić information content (AvgIpc) is 2.48. The van der Waals surface area contributed by atoms with Crippen molar-refractivity contribution in [3.63, 3.8) is 0 Å². The van der Waals surface area contributed by atoms with Crippen LogP contribution in [-0.2, 0) is 11.2 Å². The Morgan fingerprint density at radius 2 is 1.81 bits per heavy atom. The summed E-state index contributed by atoms with van der Waals surface area (Å²) >= 11 is 5.83. The van der Waals surface area contributed by atoms with Crippen molar-refractivity contribution in [2.45, 2.75) is 13.3 Å². The van der Waals surface area contributed by atoms with E-state index in [2.05, 4.69) is 10.6 Å². The summed E-state index contributed by atoms with van der Waals surface area (Å²) in [7, 11) is 0. The molecule has 0 saturated carbocycles. The lowest BCUT2D eigenvalue weighted by Gasteiger charge is -2.10. The van der Waals surface area contributed by atoms with Crippen LogP contribution in [0.5, 0.6) is 0 Å². The van der Waals surface area contributed by atoms with Crippen molar-refractivity contribution in [2.75, 3.05) is 18.4 Å². The topological polar surface area (TPSA) is 41.1 Å². The summed E-state index contributed by atoms with van der Waals surface area (Å²) in [4.78, 5) is 11.8. The molecular weight excluding hydrogens is 284 g/mol. The molecule has 0 saturated heterocycles. The maximum absolute atomic E-state index is 11.8. The quantitative estimate of drug-likeness (QED) is 0.858. The Kier molecular flexibility index (Phi) is 5.64. The van der Waals surface area contributed by atoms with Crippen molar-refractivity contribution in [1.29, 1.82) is 0 Å². The molecule has 3 nitrogen and oxygen atoms in total. The third-order valence-electron chi connectivity index (χ3n) is 3.23. The van der Waals surface area contributed by atoms with Crippen LogP contribution >= 0.6 is 11.6 Å². The van der Waals surface area contributed by atoms with Gasteiger partial charge in [-0.05, 0) is 42.7 Å². The molecule has 2 rings (SSSR count). The summed E-state index contributed by atoms with van der Waals surface area (Å²) < 4.78 is 0. The number of rotatable bonds is 6. The number of hydrogen-bond donors (Lipinski definition) is 2. The number of aryl methyl sites for hydroxylation is 1. The van der Waals surface area contributed by atoms with E-state index in [0.29, 0.717) is 6.54 Å². The van der Waals surface area contributed by atoms with Gasteiger partial charge in [-0.25, -0.2) is 0 Å². The zero-order valence-electron chi connectivity index (χ0n) is 12.0. The molecule has 0 fully saturated rings. The van der Waals surface area contributed by atoms with Crippen LogP contribution in [0.1, 0.15) is 11.1 Å². The highest BCUT2D eigenvalue weighted by molar-refractivity contribution is 6.30. The normalized spacial score (nSPS) is 10.2. The highest BCUT2D eigenvalue weighted by atomic mass is 35.5. The summed E-state index contributed by atoms with van der Waals surface area (Å²) in [6.45, 7) is 2.92. The van der Waals surface area contributed by atoms with E-state index in [-0.39, 0.29) is 12.5 Å². The van der Waals surface area contributed by atoms with Crippen LogP contribution in [-0.4, -0.2) is 19.0 Å². The molecular formula is C17H19ClN2O. The minimum Gasteiger partial charge on any atom is -0.376 e. The molecule has 4 heteroatoms. The summed E-state index contributed by atoms with van der Waals surface area (Å²) in [5.41, 5.74) is 3.28. The van der Waals surface area contributed by atoms with Gasteiger partial charge < -0.3 is 10.6 Å². The fraction of sp³-hybridized carbons (Fsp3) is 0.235. The van der Waals surface area contributed by atoms with E-state index in [9.17, 15) is 4.79 Å². The van der Waals surface area contributed by atoms with Crippen LogP contribution < -0.4 is 10.6 Å². The number of carbonyl (C=O) groups is 1. The molecule has 1 amide bonds. The summed E-state index contributed by atoms with van der Waals surface area (Å²) in [6.07, 6.45) is 0.799. The van der Waals surface area contributed by atoms with Gasteiger partial charge in [-0.2, -0.15) is 0 Å². The monoisotopic (exact) mass is 302 g/mol. The van der Waals surface area contributed by atoms with E-state index in [4.69, 9.17) is 11.6 Å². The molecule has 2 aromatic rings. The predicted molar refractivity (Wildman–Crippen MR) is 87.8 cm³/mol. The number of nitrogens with one attached hydrogen (secondary N) is 2. The summed E-state index contributed by atoms with van der Waals surface area (Å²) in [5.74, 6) is -0.00721. The van der Waals surface area contributed by atoms with Crippen molar-refractivity contribution in [3.8, 4) is 0 Å². The van der Waals surface area contributed by atoms with Crippen molar-refractivity contribution in [2.24, 2.45) is 0 Å². The summed E-state index contributed by atoms with van der Waals surface area (Å²) in [5, 5.41) is 6.77. The number of para-hydroxylation sites is 1. The third kappa shape index (κ3) is 5.12. The minimum atomic E-state index is -0.00721. The molecule has 0 aliphatic heterocycles. The first-order chi connectivity index (χ1) is 10.1. The lowest BCUT2D eigenvalue weighted by molar-refractivity contribution is -0.119. The zero-order chi connectivity index (χ0) is 15.1. The Hall–Kier alpha value is -2.00. The second kappa shape index (κ2) is 7.70. The zero-order valence-corrected chi connectivity index (χ0v) is 12.8. The second-order valence-corrected chi connectivity index (χ2v) is 5.33. The summed E-state index contributed by atoms with van der Waals surface area (Å²) in [6, 6.07) is 15.6. The molecule has 0 atom stereocenters. The number of halogens is 1. The van der Waals surface area contributed by atoms with Gasteiger partial charge in [0.1, 0.15) is 0 Å². The van der Waals surface area contributed by atoms with Crippen LogP contribution in [0.2, 0.25) is 5.02 Å². The first kappa shape index (κ1) is 15.4. The van der Waals surface area contributed by atoms with E-state index >= 15 is 0 Å². The van der Waals surface area contributed by atoms with Gasteiger partial charge in [0.15, 0.2) is 0 Å². The van der Waals surface area contributed by atoms with Crippen LogP contribution in [0, 0.1) is 6.92 Å².